The van der Waals surface area contributed by atoms with Crippen molar-refractivity contribution in [1.82, 2.24) is 5.32 Å². The molecular formula is C21H20N2O3S. The molecule has 1 heterocycles. The number of thiocarbonyl (C=S) groups is 1. The molecule has 0 bridgehead atoms. The van der Waals surface area contributed by atoms with Crippen LogP contribution in [0, 0.1) is 13.8 Å². The van der Waals surface area contributed by atoms with Gasteiger partial charge in [0.2, 0.25) is 0 Å². The predicted molar refractivity (Wildman–Crippen MR) is 110 cm³/mol. The third-order valence-electron chi connectivity index (χ3n) is 4.42. The van der Waals surface area contributed by atoms with Crippen molar-refractivity contribution in [3.8, 4) is 5.75 Å². The van der Waals surface area contributed by atoms with Gasteiger partial charge in [0, 0.05) is 0 Å². The first-order valence-corrected chi connectivity index (χ1v) is 9.03. The molecule has 2 amide bonds. The van der Waals surface area contributed by atoms with Crippen LogP contribution >= 0.6 is 12.2 Å². The fourth-order valence-electron chi connectivity index (χ4n) is 2.85. The maximum atomic E-state index is 13.1. The van der Waals surface area contributed by atoms with Crippen LogP contribution in [-0.2, 0) is 9.59 Å². The van der Waals surface area contributed by atoms with Gasteiger partial charge in [-0.3, -0.25) is 19.8 Å². The number of amides is 2. The van der Waals surface area contributed by atoms with E-state index in [1.54, 1.807) is 30.3 Å². The second-order valence-electron chi connectivity index (χ2n) is 6.18. The standard InChI is InChI=1S/C21H20N2O3S/c1-4-26-16-10-8-15(9-11-16)12-17-19(24)22-21(27)23(20(17)25)18-7-5-6-13(2)14(18)3/h5-12H,4H2,1-3H3,(H,22,24,27)/b17-12+. The lowest BCUT2D eigenvalue weighted by atomic mass is 10.0. The van der Waals surface area contributed by atoms with Gasteiger partial charge in [0.05, 0.1) is 12.3 Å². The zero-order valence-electron chi connectivity index (χ0n) is 15.4. The maximum absolute atomic E-state index is 13.1. The molecule has 0 aromatic heterocycles. The molecule has 0 aliphatic carbocycles. The Morgan fingerprint density at radius 2 is 1.81 bits per heavy atom. The predicted octanol–water partition coefficient (Wildman–Crippen LogP) is 3.53. The van der Waals surface area contributed by atoms with Crippen LogP contribution in [0.3, 0.4) is 0 Å². The van der Waals surface area contributed by atoms with Crippen LogP contribution in [-0.4, -0.2) is 23.5 Å². The molecule has 1 N–H and O–H groups in total. The van der Waals surface area contributed by atoms with Crippen LogP contribution in [0.15, 0.2) is 48.0 Å². The number of nitrogens with one attached hydrogen (secondary N) is 1. The summed E-state index contributed by atoms with van der Waals surface area (Å²) in [6, 6.07) is 12.8. The number of hydrogen-bond acceptors (Lipinski definition) is 4. The number of aryl methyl sites for hydroxylation is 1. The van der Waals surface area contributed by atoms with Crippen molar-refractivity contribution in [2.45, 2.75) is 20.8 Å². The van der Waals surface area contributed by atoms with Crippen molar-refractivity contribution in [2.75, 3.05) is 11.5 Å². The number of rotatable bonds is 4. The van der Waals surface area contributed by atoms with Gasteiger partial charge >= 0.3 is 0 Å². The molecule has 1 aliphatic heterocycles. The minimum Gasteiger partial charge on any atom is -0.494 e. The van der Waals surface area contributed by atoms with E-state index in [0.717, 1.165) is 22.4 Å². The molecule has 5 nitrogen and oxygen atoms in total. The lowest BCUT2D eigenvalue weighted by molar-refractivity contribution is -0.122. The molecule has 2 aromatic rings. The van der Waals surface area contributed by atoms with Gasteiger partial charge in [0.25, 0.3) is 11.8 Å². The van der Waals surface area contributed by atoms with Gasteiger partial charge < -0.3 is 4.74 Å². The summed E-state index contributed by atoms with van der Waals surface area (Å²) >= 11 is 5.26. The molecule has 27 heavy (non-hydrogen) atoms. The first kappa shape index (κ1) is 18.8. The average molecular weight is 380 g/mol. The monoisotopic (exact) mass is 380 g/mol. The quantitative estimate of drug-likeness (QED) is 0.501. The van der Waals surface area contributed by atoms with Crippen molar-refractivity contribution >= 4 is 40.9 Å². The van der Waals surface area contributed by atoms with Crippen LogP contribution in [0.1, 0.15) is 23.6 Å². The van der Waals surface area contributed by atoms with Crippen LogP contribution in [0.25, 0.3) is 6.08 Å². The highest BCUT2D eigenvalue weighted by atomic mass is 32.1. The Labute approximate surface area is 163 Å². The summed E-state index contributed by atoms with van der Waals surface area (Å²) in [5, 5.41) is 2.70. The van der Waals surface area contributed by atoms with Crippen molar-refractivity contribution in [3.05, 3.63) is 64.7 Å². The summed E-state index contributed by atoms with van der Waals surface area (Å²) in [7, 11) is 0. The highest BCUT2D eigenvalue weighted by Crippen LogP contribution is 2.27. The Morgan fingerprint density at radius 1 is 1.11 bits per heavy atom. The Balaban J connectivity index is 1.98. The molecule has 138 valence electrons. The second-order valence-corrected chi connectivity index (χ2v) is 6.57. The summed E-state index contributed by atoms with van der Waals surface area (Å²) < 4.78 is 5.41. The minimum atomic E-state index is -0.500. The topological polar surface area (TPSA) is 58.6 Å². The van der Waals surface area contributed by atoms with E-state index in [1.165, 1.54) is 4.90 Å². The fourth-order valence-corrected chi connectivity index (χ4v) is 3.12. The lowest BCUT2D eigenvalue weighted by Gasteiger charge is -2.30. The Kier molecular flexibility index (Phi) is 5.37. The average Bonchev–Trinajstić information content (AvgIpc) is 2.63. The van der Waals surface area contributed by atoms with Crippen molar-refractivity contribution in [2.24, 2.45) is 0 Å². The molecule has 0 unspecified atom stereocenters. The third kappa shape index (κ3) is 3.75. The van der Waals surface area contributed by atoms with Gasteiger partial charge in [-0.2, -0.15) is 0 Å². The van der Waals surface area contributed by atoms with Crippen molar-refractivity contribution in [1.29, 1.82) is 0 Å². The van der Waals surface area contributed by atoms with E-state index in [9.17, 15) is 9.59 Å². The van der Waals surface area contributed by atoms with E-state index < -0.39 is 11.8 Å². The van der Waals surface area contributed by atoms with Gasteiger partial charge in [-0.05, 0) is 74.0 Å². The summed E-state index contributed by atoms with van der Waals surface area (Å²) in [6.07, 6.45) is 1.56. The molecule has 3 rings (SSSR count). The lowest BCUT2D eigenvalue weighted by Crippen LogP contribution is -2.54. The number of hydrogen-bond donors (Lipinski definition) is 1. The molecule has 0 saturated carbocycles. The zero-order valence-corrected chi connectivity index (χ0v) is 16.2. The molecule has 1 saturated heterocycles. The van der Waals surface area contributed by atoms with Gasteiger partial charge in [0.15, 0.2) is 5.11 Å². The molecular weight excluding hydrogens is 360 g/mol. The Bertz CT molecular complexity index is 948. The van der Waals surface area contributed by atoms with Gasteiger partial charge in [-0.15, -0.1) is 0 Å². The summed E-state index contributed by atoms with van der Waals surface area (Å²) in [6.45, 7) is 6.37. The molecule has 0 atom stereocenters. The van der Waals surface area contributed by atoms with Gasteiger partial charge in [0.1, 0.15) is 11.3 Å². The number of carbonyl (C=O) groups excluding carboxylic acids is 2. The normalized spacial score (nSPS) is 15.9. The van der Waals surface area contributed by atoms with Crippen LogP contribution < -0.4 is 15.0 Å². The first-order chi connectivity index (χ1) is 12.9. The smallest absolute Gasteiger partial charge is 0.270 e. The fraction of sp³-hybridized carbons (Fsp3) is 0.190. The minimum absolute atomic E-state index is 0.0358. The van der Waals surface area contributed by atoms with E-state index in [1.807, 2.05) is 39.0 Å². The van der Waals surface area contributed by atoms with Crippen LogP contribution in [0.5, 0.6) is 5.75 Å². The Morgan fingerprint density at radius 3 is 2.48 bits per heavy atom. The molecule has 6 heteroatoms. The molecule has 0 radical (unpaired) electrons. The summed E-state index contributed by atoms with van der Waals surface area (Å²) in [5.41, 5.74) is 3.41. The van der Waals surface area contributed by atoms with E-state index >= 15 is 0 Å². The number of carbonyl (C=O) groups is 2. The largest absolute Gasteiger partial charge is 0.494 e. The zero-order chi connectivity index (χ0) is 19.6. The summed E-state index contributed by atoms with van der Waals surface area (Å²) in [4.78, 5) is 26.8. The van der Waals surface area contributed by atoms with E-state index in [0.29, 0.717) is 12.3 Å². The van der Waals surface area contributed by atoms with Crippen molar-refractivity contribution < 1.29 is 14.3 Å². The third-order valence-corrected chi connectivity index (χ3v) is 4.71. The SMILES string of the molecule is CCOc1ccc(/C=C2\C(=O)NC(=S)N(c3cccc(C)c3C)C2=O)cc1. The van der Waals surface area contributed by atoms with E-state index in [2.05, 4.69) is 5.32 Å². The van der Waals surface area contributed by atoms with E-state index in [-0.39, 0.29) is 10.7 Å². The number of nitrogens with zero attached hydrogens (tertiary/aromatic N) is 1. The van der Waals surface area contributed by atoms with Crippen molar-refractivity contribution in [3.63, 3.8) is 0 Å². The maximum Gasteiger partial charge on any atom is 0.270 e. The highest BCUT2D eigenvalue weighted by molar-refractivity contribution is 7.80. The second kappa shape index (κ2) is 7.72. The first-order valence-electron chi connectivity index (χ1n) is 8.63. The molecule has 0 spiro atoms. The summed E-state index contributed by atoms with van der Waals surface area (Å²) in [5.74, 6) is -0.205. The van der Waals surface area contributed by atoms with Gasteiger partial charge in [-0.25, -0.2) is 0 Å². The van der Waals surface area contributed by atoms with E-state index in [4.69, 9.17) is 17.0 Å². The van der Waals surface area contributed by atoms with Crippen LogP contribution in [0.2, 0.25) is 0 Å². The molecule has 1 aliphatic rings. The molecule has 1 fully saturated rings. The van der Waals surface area contributed by atoms with Crippen LogP contribution in [0.4, 0.5) is 5.69 Å². The highest BCUT2D eigenvalue weighted by Gasteiger charge is 2.35. The Hall–Kier alpha value is -2.99. The number of benzene rings is 2. The molecule has 2 aromatic carbocycles. The van der Waals surface area contributed by atoms with Gasteiger partial charge in [-0.1, -0.05) is 24.3 Å². The number of ether oxygens (including phenoxy) is 1. The number of anilines is 1.